The molecule has 156 valence electrons. The molecule has 0 aliphatic rings. The van der Waals surface area contributed by atoms with Crippen LogP contribution in [0.3, 0.4) is 0 Å². The molecule has 18 heteroatoms. The van der Waals surface area contributed by atoms with Crippen LogP contribution < -0.4 is 4.98 Å². The second-order valence-corrected chi connectivity index (χ2v) is 7.83. The van der Waals surface area contributed by atoms with Crippen LogP contribution in [0.4, 0.5) is 52.7 Å². The molecule has 1 aromatic rings. The van der Waals surface area contributed by atoms with Gasteiger partial charge < -0.3 is 4.98 Å². The topological polar surface area (TPSA) is 14.1 Å². The average molecular weight is 574 g/mol. The molecule has 0 N–H and O–H groups in total. The van der Waals surface area contributed by atoms with E-state index in [0.29, 0.717) is 0 Å². The van der Waals surface area contributed by atoms with Crippen LogP contribution in [0.5, 0.6) is 0 Å². The Morgan fingerprint density at radius 3 is 0.885 bits per heavy atom. The molecule has 0 radical (unpaired) electrons. The second-order valence-electron chi connectivity index (χ2n) is 3.57. The van der Waals surface area contributed by atoms with E-state index in [0.717, 1.165) is 0 Å². The van der Waals surface area contributed by atoms with Gasteiger partial charge in [-0.2, -0.15) is 52.7 Å². The molecule has 0 fully saturated rings. The molecule has 1 nitrogen and oxygen atoms in total. The van der Waals surface area contributed by atoms with Crippen LogP contribution in [0, 0.1) is 0 Å². The molecule has 0 atom stereocenters. The summed E-state index contributed by atoms with van der Waals surface area (Å²) < 4.78 is 149. The summed E-state index contributed by atoms with van der Waals surface area (Å²) in [6, 6.07) is 0. The first-order valence-corrected chi connectivity index (χ1v) is 8.36. The summed E-state index contributed by atoms with van der Waals surface area (Å²) in [7, 11) is 0. The SMILES string of the molecule is FC(F)(F)Sc1[n-]c(SC(F)(F)F)c(SC(F)(F)F)c1SC(F)(F)F.[Ag+]. The molecule has 0 spiro atoms. The molecule has 0 bridgehead atoms. The molecule has 0 aliphatic heterocycles. The van der Waals surface area contributed by atoms with E-state index >= 15 is 0 Å². The van der Waals surface area contributed by atoms with E-state index in [1.807, 2.05) is 0 Å². The van der Waals surface area contributed by atoms with Crippen LogP contribution in [0.2, 0.25) is 0 Å². The monoisotopic (exact) mass is 573 g/mol. The third-order valence-electron chi connectivity index (χ3n) is 1.66. The fourth-order valence-electron chi connectivity index (χ4n) is 1.16. The van der Waals surface area contributed by atoms with Crippen molar-refractivity contribution in [2.75, 3.05) is 0 Å². The van der Waals surface area contributed by atoms with Crippen LogP contribution in [0.1, 0.15) is 0 Å². The minimum atomic E-state index is -5.35. The van der Waals surface area contributed by atoms with E-state index in [1.54, 1.807) is 0 Å². The molecular formula is C8AgF12NS4. The Morgan fingerprint density at radius 1 is 0.462 bits per heavy atom. The number of hydrogen-bond donors (Lipinski definition) is 0. The predicted octanol–water partition coefficient (Wildman–Crippen LogP) is 7.09. The summed E-state index contributed by atoms with van der Waals surface area (Å²) in [6.07, 6.45) is 0. The zero-order valence-electron chi connectivity index (χ0n) is 10.9. The molecule has 1 heterocycles. The molecule has 0 saturated carbocycles. The number of thioether (sulfide) groups is 4. The van der Waals surface area contributed by atoms with Crippen LogP contribution in [-0.2, 0) is 22.4 Å². The van der Waals surface area contributed by atoms with E-state index in [-0.39, 0.29) is 22.4 Å². The van der Waals surface area contributed by atoms with Crippen molar-refractivity contribution < 1.29 is 75.1 Å². The zero-order valence-corrected chi connectivity index (χ0v) is 15.7. The van der Waals surface area contributed by atoms with Crippen molar-refractivity contribution in [1.29, 1.82) is 0 Å². The molecule has 0 aromatic carbocycles. The van der Waals surface area contributed by atoms with Gasteiger partial charge in [0.25, 0.3) is 0 Å². The molecule has 1 aromatic heterocycles. The van der Waals surface area contributed by atoms with E-state index in [4.69, 9.17) is 0 Å². The van der Waals surface area contributed by atoms with E-state index in [9.17, 15) is 52.7 Å². The van der Waals surface area contributed by atoms with Gasteiger partial charge in [-0.15, -0.1) is 0 Å². The number of rotatable bonds is 4. The molecule has 0 aliphatic carbocycles. The van der Waals surface area contributed by atoms with Gasteiger partial charge in [-0.3, -0.25) is 0 Å². The number of nitrogens with zero attached hydrogens (tertiary/aromatic N) is 1. The van der Waals surface area contributed by atoms with E-state index in [1.165, 1.54) is 0 Å². The van der Waals surface area contributed by atoms with E-state index in [2.05, 4.69) is 4.98 Å². The smallest absolute Gasteiger partial charge is 0.644 e. The van der Waals surface area contributed by atoms with Gasteiger partial charge in [0.05, 0.1) is 0 Å². The van der Waals surface area contributed by atoms with Crippen molar-refractivity contribution in [1.82, 2.24) is 4.98 Å². The summed E-state index contributed by atoms with van der Waals surface area (Å²) in [5.41, 5.74) is -21.2. The predicted molar refractivity (Wildman–Crippen MR) is 67.4 cm³/mol. The number of halogens is 12. The largest absolute Gasteiger partial charge is 1.00 e. The van der Waals surface area contributed by atoms with Gasteiger partial charge in [0, 0.05) is 9.79 Å². The maximum atomic E-state index is 12.4. The molecule has 0 unspecified atom stereocenters. The van der Waals surface area contributed by atoms with Gasteiger partial charge >= 0.3 is 44.4 Å². The average Bonchev–Trinajstić information content (AvgIpc) is 2.49. The standard InChI is InChI=1S/C8F12NS4.Ag/c9-5(10,11)22-1-2(23-6(12,13)14)4(25-8(18,19)20)21-3(1)24-7(15,16)17;/q-1;+1. The van der Waals surface area contributed by atoms with Gasteiger partial charge in [-0.25, -0.2) is 0 Å². The Morgan fingerprint density at radius 2 is 0.692 bits per heavy atom. The Kier molecular flexibility index (Phi) is 9.14. The first-order valence-electron chi connectivity index (χ1n) is 5.10. The normalized spacial score (nSPS) is 13.7. The fourth-order valence-corrected chi connectivity index (χ4v) is 4.30. The Balaban J connectivity index is 0.00000625. The second kappa shape index (κ2) is 8.94. The molecule has 26 heavy (non-hydrogen) atoms. The van der Waals surface area contributed by atoms with Crippen LogP contribution >= 0.6 is 47.0 Å². The summed E-state index contributed by atoms with van der Waals surface area (Å²) in [5, 5.41) is -3.29. The quantitative estimate of drug-likeness (QED) is 0.216. The van der Waals surface area contributed by atoms with Gasteiger partial charge in [-0.05, 0) is 47.0 Å². The molecule has 1 rings (SSSR count). The third kappa shape index (κ3) is 10.2. The van der Waals surface area contributed by atoms with Crippen molar-refractivity contribution in [3.63, 3.8) is 0 Å². The number of alkyl halides is 12. The summed E-state index contributed by atoms with van der Waals surface area (Å²) in [4.78, 5) is -0.688. The van der Waals surface area contributed by atoms with Gasteiger partial charge in [0.15, 0.2) is 0 Å². The van der Waals surface area contributed by atoms with Crippen molar-refractivity contribution >= 4 is 47.0 Å². The van der Waals surface area contributed by atoms with E-state index < -0.39 is 88.9 Å². The van der Waals surface area contributed by atoms with Crippen molar-refractivity contribution in [3.05, 3.63) is 0 Å². The summed E-state index contributed by atoms with van der Waals surface area (Å²) >= 11 is -5.48. The number of hydrogen-bond acceptors (Lipinski definition) is 4. The summed E-state index contributed by atoms with van der Waals surface area (Å²) in [6.45, 7) is 0. The van der Waals surface area contributed by atoms with Crippen LogP contribution in [0.15, 0.2) is 19.8 Å². The minimum Gasteiger partial charge on any atom is -0.644 e. The zero-order chi connectivity index (χ0) is 19.8. The first-order chi connectivity index (χ1) is 10.9. The Labute approximate surface area is 168 Å². The summed E-state index contributed by atoms with van der Waals surface area (Å²) in [5.74, 6) is 0. The fraction of sp³-hybridized carbons (Fsp3) is 0.500. The van der Waals surface area contributed by atoms with Gasteiger partial charge in [-0.1, -0.05) is 10.1 Å². The van der Waals surface area contributed by atoms with Gasteiger partial charge in [0.1, 0.15) is 0 Å². The van der Waals surface area contributed by atoms with Crippen LogP contribution in [-0.4, -0.2) is 22.0 Å². The van der Waals surface area contributed by atoms with Crippen molar-refractivity contribution in [2.24, 2.45) is 0 Å². The first kappa shape index (κ1) is 26.6. The maximum absolute atomic E-state index is 12.4. The van der Waals surface area contributed by atoms with Gasteiger partial charge in [0.2, 0.25) is 0 Å². The maximum Gasteiger partial charge on any atom is 1.00 e. The minimum absolute atomic E-state index is 0. The Hall–Kier alpha value is 0.580. The molecule has 0 saturated heterocycles. The Bertz CT molecular complexity index is 550. The third-order valence-corrected chi connectivity index (χ3v) is 5.15. The van der Waals surface area contributed by atoms with Crippen LogP contribution in [0.25, 0.3) is 0 Å². The number of aromatic nitrogens is 1. The molecule has 0 amide bonds. The van der Waals surface area contributed by atoms with Crippen molar-refractivity contribution in [3.8, 4) is 0 Å². The molecular weight excluding hydrogens is 574 g/mol. The van der Waals surface area contributed by atoms with Crippen molar-refractivity contribution in [2.45, 2.75) is 41.9 Å².